The molecule has 0 aliphatic rings. The Balaban J connectivity index is 1.84. The van der Waals surface area contributed by atoms with Crippen LogP contribution < -0.4 is 10.5 Å². The van der Waals surface area contributed by atoms with Crippen molar-refractivity contribution in [2.24, 2.45) is 5.14 Å². The molecule has 7 nitrogen and oxygen atoms in total. The topological polar surface area (TPSA) is 111 Å². The van der Waals surface area contributed by atoms with E-state index in [0.717, 1.165) is 24.4 Å². The Morgan fingerprint density at radius 2 is 1.75 bits per heavy atom. The van der Waals surface area contributed by atoms with Gasteiger partial charge in [-0.15, -0.1) is 0 Å². The fraction of sp³-hybridized carbons (Fsp3) is 0.0500. The zero-order valence-electron chi connectivity index (χ0n) is 15.9. The maximum absolute atomic E-state index is 13.4. The van der Waals surface area contributed by atoms with Gasteiger partial charge in [-0.1, -0.05) is 6.07 Å². The average Bonchev–Trinajstić information content (AvgIpc) is 2.72. The van der Waals surface area contributed by atoms with E-state index in [9.17, 15) is 26.0 Å². The van der Waals surface area contributed by atoms with E-state index >= 15 is 0 Å². The standard InChI is InChI=1S/C20H13F4N5O2S/c21-17-5-4-11(9-26-17)16-7-13(20(22,23)24)6-12-10-27-19(29-18(12)16)28-14-2-1-3-15(8-14)32(25,30)31/h1-10H,(H2,25,30,31)(H,27,28,29). The molecule has 0 aliphatic carbocycles. The van der Waals surface area contributed by atoms with Crippen LogP contribution in [-0.4, -0.2) is 23.4 Å². The van der Waals surface area contributed by atoms with Gasteiger partial charge in [0.15, 0.2) is 0 Å². The molecule has 0 amide bonds. The van der Waals surface area contributed by atoms with Gasteiger partial charge in [-0.2, -0.15) is 17.6 Å². The van der Waals surface area contributed by atoms with E-state index in [1.165, 1.54) is 30.5 Å². The van der Waals surface area contributed by atoms with Gasteiger partial charge >= 0.3 is 6.18 Å². The molecule has 0 bridgehead atoms. The highest BCUT2D eigenvalue weighted by atomic mass is 32.2. The molecule has 2 aromatic heterocycles. The van der Waals surface area contributed by atoms with Crippen LogP contribution in [0.25, 0.3) is 22.0 Å². The number of sulfonamides is 1. The molecule has 0 saturated heterocycles. The Labute approximate surface area is 179 Å². The van der Waals surface area contributed by atoms with Gasteiger partial charge in [-0.25, -0.2) is 28.5 Å². The Kier molecular flexibility index (Phi) is 5.26. The number of hydrogen-bond donors (Lipinski definition) is 2. The Hall–Kier alpha value is -3.64. The summed E-state index contributed by atoms with van der Waals surface area (Å²) in [6.45, 7) is 0. The summed E-state index contributed by atoms with van der Waals surface area (Å²) in [7, 11) is -3.94. The number of alkyl halides is 3. The molecule has 0 unspecified atom stereocenters. The first-order valence-corrected chi connectivity index (χ1v) is 10.5. The number of anilines is 2. The number of halogens is 4. The first kappa shape index (κ1) is 21.6. The van der Waals surface area contributed by atoms with Gasteiger partial charge in [0.25, 0.3) is 0 Å². The van der Waals surface area contributed by atoms with Gasteiger partial charge in [-0.3, -0.25) is 0 Å². The third-order valence-electron chi connectivity index (χ3n) is 4.47. The largest absolute Gasteiger partial charge is 0.416 e. The van der Waals surface area contributed by atoms with Crippen molar-refractivity contribution >= 4 is 32.6 Å². The quantitative estimate of drug-likeness (QED) is 0.346. The molecule has 164 valence electrons. The van der Waals surface area contributed by atoms with Gasteiger partial charge in [0.2, 0.25) is 21.9 Å². The molecule has 0 radical (unpaired) electrons. The smallest absolute Gasteiger partial charge is 0.324 e. The lowest BCUT2D eigenvalue weighted by atomic mass is 10.0. The molecule has 32 heavy (non-hydrogen) atoms. The van der Waals surface area contributed by atoms with E-state index in [2.05, 4.69) is 20.3 Å². The van der Waals surface area contributed by atoms with E-state index < -0.39 is 27.7 Å². The molecule has 0 saturated carbocycles. The van der Waals surface area contributed by atoms with Crippen LogP contribution in [0.15, 0.2) is 65.8 Å². The first-order chi connectivity index (χ1) is 15.0. The van der Waals surface area contributed by atoms with Crippen molar-refractivity contribution in [1.29, 1.82) is 0 Å². The number of benzene rings is 2. The van der Waals surface area contributed by atoms with Crippen LogP contribution in [0, 0.1) is 5.95 Å². The number of aromatic nitrogens is 3. The number of nitrogens with zero attached hydrogens (tertiary/aromatic N) is 3. The van der Waals surface area contributed by atoms with E-state index in [4.69, 9.17) is 5.14 Å². The molecule has 4 rings (SSSR count). The molecule has 0 spiro atoms. The SMILES string of the molecule is NS(=O)(=O)c1cccc(Nc2ncc3cc(C(F)(F)F)cc(-c4ccc(F)nc4)c3n2)c1. The van der Waals surface area contributed by atoms with Crippen molar-refractivity contribution in [3.63, 3.8) is 0 Å². The van der Waals surface area contributed by atoms with Crippen molar-refractivity contribution < 1.29 is 26.0 Å². The molecule has 3 N–H and O–H groups in total. The second-order valence-corrected chi connectivity index (χ2v) is 8.28. The summed E-state index contributed by atoms with van der Waals surface area (Å²) in [5, 5.41) is 8.03. The van der Waals surface area contributed by atoms with Crippen molar-refractivity contribution in [2.45, 2.75) is 11.1 Å². The van der Waals surface area contributed by atoms with E-state index in [1.54, 1.807) is 6.07 Å². The Morgan fingerprint density at radius 1 is 0.969 bits per heavy atom. The zero-order valence-corrected chi connectivity index (χ0v) is 16.7. The van der Waals surface area contributed by atoms with Crippen LogP contribution in [0.5, 0.6) is 0 Å². The fourth-order valence-corrected chi connectivity index (χ4v) is 3.56. The van der Waals surface area contributed by atoms with Crippen LogP contribution >= 0.6 is 0 Å². The Morgan fingerprint density at radius 3 is 2.41 bits per heavy atom. The lowest BCUT2D eigenvalue weighted by Crippen LogP contribution is -2.12. The zero-order chi connectivity index (χ0) is 23.1. The van der Waals surface area contributed by atoms with Crippen LogP contribution in [0.4, 0.5) is 29.2 Å². The monoisotopic (exact) mass is 463 g/mol. The number of fused-ring (bicyclic) bond motifs is 1. The summed E-state index contributed by atoms with van der Waals surface area (Å²) < 4.78 is 76.5. The number of pyridine rings is 1. The minimum Gasteiger partial charge on any atom is -0.324 e. The third-order valence-corrected chi connectivity index (χ3v) is 5.38. The highest BCUT2D eigenvalue weighted by Crippen LogP contribution is 2.36. The summed E-state index contributed by atoms with van der Waals surface area (Å²) >= 11 is 0. The summed E-state index contributed by atoms with van der Waals surface area (Å²) in [5.41, 5.74) is -0.164. The lowest BCUT2D eigenvalue weighted by molar-refractivity contribution is -0.137. The average molecular weight is 463 g/mol. The number of primary sulfonamides is 1. The van der Waals surface area contributed by atoms with Gasteiger partial charge in [0.1, 0.15) is 0 Å². The number of rotatable bonds is 4. The maximum Gasteiger partial charge on any atom is 0.416 e. The Bertz CT molecular complexity index is 1420. The third kappa shape index (κ3) is 4.50. The van der Waals surface area contributed by atoms with Crippen molar-refractivity contribution in [2.75, 3.05) is 5.32 Å². The highest BCUT2D eigenvalue weighted by Gasteiger charge is 2.32. The first-order valence-electron chi connectivity index (χ1n) is 8.90. The van der Waals surface area contributed by atoms with Gasteiger partial charge < -0.3 is 5.32 Å². The van der Waals surface area contributed by atoms with Gasteiger partial charge in [0.05, 0.1) is 16.0 Å². The van der Waals surface area contributed by atoms with Crippen LogP contribution in [0.1, 0.15) is 5.56 Å². The number of nitrogens with two attached hydrogens (primary N) is 1. The molecule has 12 heteroatoms. The van der Waals surface area contributed by atoms with Crippen LogP contribution in [0.2, 0.25) is 0 Å². The highest BCUT2D eigenvalue weighted by molar-refractivity contribution is 7.89. The summed E-state index contributed by atoms with van der Waals surface area (Å²) in [6.07, 6.45) is -2.32. The predicted molar refractivity (Wildman–Crippen MR) is 109 cm³/mol. The molecule has 0 fully saturated rings. The summed E-state index contributed by atoms with van der Waals surface area (Å²) in [4.78, 5) is 11.7. The lowest BCUT2D eigenvalue weighted by Gasteiger charge is -2.13. The summed E-state index contributed by atoms with van der Waals surface area (Å²) in [6, 6.07) is 9.69. The molecule has 0 atom stereocenters. The molecular formula is C20H13F4N5O2S. The second-order valence-electron chi connectivity index (χ2n) is 6.72. The molecule has 2 heterocycles. The molecular weight excluding hydrogens is 450 g/mol. The fourth-order valence-electron chi connectivity index (χ4n) is 3.00. The normalized spacial score (nSPS) is 12.2. The van der Waals surface area contributed by atoms with Crippen LogP contribution in [-0.2, 0) is 16.2 Å². The van der Waals surface area contributed by atoms with Crippen molar-refractivity contribution in [1.82, 2.24) is 15.0 Å². The minimum absolute atomic E-state index is 0.000138. The molecule has 0 aliphatic heterocycles. The van der Waals surface area contributed by atoms with Gasteiger partial charge in [0, 0.05) is 34.6 Å². The number of nitrogens with one attached hydrogen (secondary N) is 1. The second kappa shape index (κ2) is 7.80. The van der Waals surface area contributed by atoms with E-state index in [0.29, 0.717) is 5.69 Å². The molecule has 2 aromatic carbocycles. The van der Waals surface area contributed by atoms with E-state index in [1.807, 2.05) is 0 Å². The van der Waals surface area contributed by atoms with Crippen LogP contribution in [0.3, 0.4) is 0 Å². The van der Waals surface area contributed by atoms with Gasteiger partial charge in [-0.05, 0) is 42.5 Å². The maximum atomic E-state index is 13.4. The minimum atomic E-state index is -4.62. The summed E-state index contributed by atoms with van der Waals surface area (Å²) in [5.74, 6) is -0.781. The predicted octanol–water partition coefficient (Wildman–Crippen LogP) is 4.24. The van der Waals surface area contributed by atoms with Crippen molar-refractivity contribution in [3.8, 4) is 11.1 Å². The molecule has 4 aromatic rings. The van der Waals surface area contributed by atoms with E-state index in [-0.39, 0.29) is 32.9 Å². The van der Waals surface area contributed by atoms with Crippen molar-refractivity contribution in [3.05, 3.63) is 72.4 Å². The number of hydrogen-bond acceptors (Lipinski definition) is 6.